The molecule has 1 aromatic carbocycles. The van der Waals surface area contributed by atoms with E-state index in [9.17, 15) is 4.79 Å². The van der Waals surface area contributed by atoms with Gasteiger partial charge in [-0.1, -0.05) is 23.7 Å². The summed E-state index contributed by atoms with van der Waals surface area (Å²) in [6.07, 6.45) is 1.80. The van der Waals surface area contributed by atoms with Crippen LogP contribution in [0.3, 0.4) is 0 Å². The van der Waals surface area contributed by atoms with Gasteiger partial charge in [-0.3, -0.25) is 4.79 Å². The molecule has 4 heteroatoms. The van der Waals surface area contributed by atoms with Crippen LogP contribution in [0.15, 0.2) is 24.3 Å². The van der Waals surface area contributed by atoms with Gasteiger partial charge in [0.05, 0.1) is 13.2 Å². The molecule has 1 aromatic rings. The maximum absolute atomic E-state index is 11.8. The number of methoxy groups -OCH3 is 1. The Morgan fingerprint density at radius 3 is 2.71 bits per heavy atom. The van der Waals surface area contributed by atoms with Crippen LogP contribution in [0.5, 0.6) is 0 Å². The maximum atomic E-state index is 11.8. The van der Waals surface area contributed by atoms with Gasteiger partial charge in [-0.25, -0.2) is 0 Å². The van der Waals surface area contributed by atoms with Crippen molar-refractivity contribution in [2.24, 2.45) is 0 Å². The standard InChI is InChI=1S/C13H15ClO3/c1-16-13(15)12(11-3-2-8-17-11)9-4-6-10(14)7-5-9/h4-7,11-12H,2-3,8H2,1H3/t11-,12-/m1/s1. The smallest absolute Gasteiger partial charge is 0.315 e. The first-order valence-corrected chi connectivity index (χ1v) is 6.05. The zero-order valence-electron chi connectivity index (χ0n) is 9.69. The predicted octanol–water partition coefficient (Wildman–Crippen LogP) is 2.78. The van der Waals surface area contributed by atoms with Gasteiger partial charge in [0.15, 0.2) is 0 Å². The quantitative estimate of drug-likeness (QED) is 0.778. The largest absolute Gasteiger partial charge is 0.468 e. The third-order valence-corrected chi connectivity index (χ3v) is 3.27. The van der Waals surface area contributed by atoms with Crippen LogP contribution in [0, 0.1) is 0 Å². The van der Waals surface area contributed by atoms with Gasteiger partial charge in [-0.2, -0.15) is 0 Å². The average Bonchev–Trinajstić information content (AvgIpc) is 2.85. The lowest BCUT2D eigenvalue weighted by atomic mass is 9.92. The number of carbonyl (C=O) groups is 1. The van der Waals surface area contributed by atoms with Gasteiger partial charge in [-0.15, -0.1) is 0 Å². The van der Waals surface area contributed by atoms with Crippen molar-refractivity contribution in [1.29, 1.82) is 0 Å². The number of benzene rings is 1. The summed E-state index contributed by atoms with van der Waals surface area (Å²) in [5.41, 5.74) is 0.896. The predicted molar refractivity (Wildman–Crippen MR) is 65.2 cm³/mol. The monoisotopic (exact) mass is 254 g/mol. The van der Waals surface area contributed by atoms with Crippen molar-refractivity contribution in [3.05, 3.63) is 34.9 Å². The molecular weight excluding hydrogens is 240 g/mol. The number of rotatable bonds is 3. The van der Waals surface area contributed by atoms with E-state index in [4.69, 9.17) is 21.1 Å². The molecule has 1 aliphatic heterocycles. The van der Waals surface area contributed by atoms with Gasteiger partial charge >= 0.3 is 5.97 Å². The summed E-state index contributed by atoms with van der Waals surface area (Å²) >= 11 is 5.84. The van der Waals surface area contributed by atoms with Crippen LogP contribution in [0.25, 0.3) is 0 Å². The highest BCUT2D eigenvalue weighted by atomic mass is 35.5. The van der Waals surface area contributed by atoms with E-state index in [-0.39, 0.29) is 18.0 Å². The number of esters is 1. The molecule has 92 valence electrons. The van der Waals surface area contributed by atoms with Gasteiger partial charge in [0.25, 0.3) is 0 Å². The van der Waals surface area contributed by atoms with E-state index >= 15 is 0 Å². The van der Waals surface area contributed by atoms with Crippen molar-refractivity contribution in [2.45, 2.75) is 24.9 Å². The molecule has 0 aliphatic carbocycles. The zero-order valence-corrected chi connectivity index (χ0v) is 10.4. The highest BCUT2D eigenvalue weighted by molar-refractivity contribution is 6.30. The first-order valence-electron chi connectivity index (χ1n) is 5.67. The summed E-state index contributed by atoms with van der Waals surface area (Å²) < 4.78 is 10.4. The summed E-state index contributed by atoms with van der Waals surface area (Å²) in [7, 11) is 1.40. The van der Waals surface area contributed by atoms with Gasteiger partial charge in [0.1, 0.15) is 5.92 Å². The topological polar surface area (TPSA) is 35.5 Å². The van der Waals surface area contributed by atoms with E-state index in [0.29, 0.717) is 11.6 Å². The highest BCUT2D eigenvalue weighted by Gasteiger charge is 2.33. The summed E-state index contributed by atoms with van der Waals surface area (Å²) in [5.74, 6) is -0.598. The minimum absolute atomic E-state index is 0.0800. The molecule has 2 atom stereocenters. The van der Waals surface area contributed by atoms with Crippen LogP contribution in [0.2, 0.25) is 5.02 Å². The molecule has 0 amide bonds. The Morgan fingerprint density at radius 1 is 1.47 bits per heavy atom. The maximum Gasteiger partial charge on any atom is 0.315 e. The van der Waals surface area contributed by atoms with Gasteiger partial charge in [0.2, 0.25) is 0 Å². The fourth-order valence-electron chi connectivity index (χ4n) is 2.17. The van der Waals surface area contributed by atoms with Crippen LogP contribution in [0.4, 0.5) is 0 Å². The number of carbonyl (C=O) groups excluding carboxylic acids is 1. The summed E-state index contributed by atoms with van der Waals surface area (Å²) in [4.78, 5) is 11.8. The lowest BCUT2D eigenvalue weighted by molar-refractivity contribution is -0.145. The van der Waals surface area contributed by atoms with Crippen LogP contribution in [-0.2, 0) is 14.3 Å². The first-order chi connectivity index (χ1) is 8.22. The van der Waals surface area contributed by atoms with E-state index < -0.39 is 0 Å². The third-order valence-electron chi connectivity index (χ3n) is 3.02. The Balaban J connectivity index is 2.25. The van der Waals surface area contributed by atoms with E-state index in [2.05, 4.69) is 0 Å². The van der Waals surface area contributed by atoms with Crippen LogP contribution in [0.1, 0.15) is 24.3 Å². The Hall–Kier alpha value is -1.06. The van der Waals surface area contributed by atoms with Gasteiger partial charge < -0.3 is 9.47 Å². The van der Waals surface area contributed by atoms with Gasteiger partial charge in [-0.05, 0) is 30.5 Å². The highest BCUT2D eigenvalue weighted by Crippen LogP contribution is 2.30. The van der Waals surface area contributed by atoms with E-state index in [1.165, 1.54) is 7.11 Å². The zero-order chi connectivity index (χ0) is 12.3. The fraction of sp³-hybridized carbons (Fsp3) is 0.462. The Bertz CT molecular complexity index is 382. The second-order valence-electron chi connectivity index (χ2n) is 4.10. The molecule has 0 unspecified atom stereocenters. The second kappa shape index (κ2) is 5.52. The van der Waals surface area contributed by atoms with Crippen molar-refractivity contribution in [3.8, 4) is 0 Å². The van der Waals surface area contributed by atoms with Gasteiger partial charge in [0, 0.05) is 11.6 Å². The molecule has 17 heavy (non-hydrogen) atoms. The molecule has 0 aromatic heterocycles. The Labute approximate surface area is 106 Å². The summed E-state index contributed by atoms with van der Waals surface area (Å²) in [5, 5.41) is 0.657. The molecule has 2 rings (SSSR count). The molecule has 0 spiro atoms. The van der Waals surface area contributed by atoms with E-state index in [1.54, 1.807) is 12.1 Å². The second-order valence-corrected chi connectivity index (χ2v) is 4.54. The number of hydrogen-bond acceptors (Lipinski definition) is 3. The van der Waals surface area contributed by atoms with E-state index in [0.717, 1.165) is 18.4 Å². The molecular formula is C13H15ClO3. The fourth-order valence-corrected chi connectivity index (χ4v) is 2.29. The average molecular weight is 255 g/mol. The van der Waals surface area contributed by atoms with Crippen molar-refractivity contribution < 1.29 is 14.3 Å². The Morgan fingerprint density at radius 2 is 2.18 bits per heavy atom. The van der Waals surface area contributed by atoms with Crippen LogP contribution in [-0.4, -0.2) is 25.8 Å². The normalized spacial score (nSPS) is 21.2. The van der Waals surface area contributed by atoms with Crippen molar-refractivity contribution in [1.82, 2.24) is 0 Å². The van der Waals surface area contributed by atoms with Crippen LogP contribution >= 0.6 is 11.6 Å². The molecule has 1 heterocycles. The molecule has 1 fully saturated rings. The first kappa shape index (κ1) is 12.4. The summed E-state index contributed by atoms with van der Waals surface area (Å²) in [6.45, 7) is 0.714. The van der Waals surface area contributed by atoms with Crippen molar-refractivity contribution in [3.63, 3.8) is 0 Å². The molecule has 1 saturated heterocycles. The molecule has 1 aliphatic rings. The minimum atomic E-state index is -0.347. The third kappa shape index (κ3) is 2.79. The number of hydrogen-bond donors (Lipinski definition) is 0. The number of ether oxygens (including phenoxy) is 2. The van der Waals surface area contributed by atoms with Crippen LogP contribution < -0.4 is 0 Å². The molecule has 0 N–H and O–H groups in total. The molecule has 0 bridgehead atoms. The molecule has 0 radical (unpaired) electrons. The lowest BCUT2D eigenvalue weighted by Crippen LogP contribution is -2.26. The van der Waals surface area contributed by atoms with E-state index in [1.807, 2.05) is 12.1 Å². The lowest BCUT2D eigenvalue weighted by Gasteiger charge is -2.20. The van der Waals surface area contributed by atoms with Crippen molar-refractivity contribution in [2.75, 3.05) is 13.7 Å². The molecule has 3 nitrogen and oxygen atoms in total. The Kier molecular flexibility index (Phi) is 4.02. The molecule has 0 saturated carbocycles. The SMILES string of the molecule is COC(=O)[C@H](c1ccc(Cl)cc1)[C@H]1CCCO1. The number of halogens is 1. The minimum Gasteiger partial charge on any atom is -0.468 e. The van der Waals surface area contributed by atoms with Crippen molar-refractivity contribution >= 4 is 17.6 Å². The summed E-state index contributed by atoms with van der Waals surface area (Å²) in [6, 6.07) is 7.26.